The maximum absolute atomic E-state index is 5.54. The van der Waals surface area contributed by atoms with Gasteiger partial charge in [0, 0.05) is 12.0 Å². The first kappa shape index (κ1) is 11.4. The molecule has 2 aliphatic rings. The molecule has 1 saturated carbocycles. The fourth-order valence-corrected chi connectivity index (χ4v) is 3.61. The van der Waals surface area contributed by atoms with Crippen molar-refractivity contribution < 1.29 is 4.74 Å². The monoisotopic (exact) mass is 211 g/mol. The second kappa shape index (κ2) is 4.06. The molecule has 0 unspecified atom stereocenters. The van der Waals surface area contributed by atoms with Crippen molar-refractivity contribution in [3.63, 3.8) is 0 Å². The molecule has 0 aromatic rings. The second-order valence-electron chi connectivity index (χ2n) is 6.04. The van der Waals surface area contributed by atoms with Crippen molar-refractivity contribution in [1.29, 1.82) is 0 Å². The molecule has 0 spiro atoms. The van der Waals surface area contributed by atoms with Crippen LogP contribution in [0.15, 0.2) is 0 Å². The normalized spacial score (nSPS) is 27.2. The Labute approximate surface area is 93.8 Å². The van der Waals surface area contributed by atoms with E-state index in [0.717, 1.165) is 19.1 Å². The summed E-state index contributed by atoms with van der Waals surface area (Å²) >= 11 is 0. The Morgan fingerprint density at radius 2 is 1.87 bits per heavy atom. The highest BCUT2D eigenvalue weighted by Crippen LogP contribution is 2.59. The van der Waals surface area contributed by atoms with Gasteiger partial charge < -0.3 is 10.1 Å². The van der Waals surface area contributed by atoms with Gasteiger partial charge in [0.2, 0.25) is 0 Å². The molecule has 2 fully saturated rings. The SMILES string of the molecule is CNCC1(C2(CC(C)C)COC2)CCC1. The minimum atomic E-state index is 0.502. The third kappa shape index (κ3) is 1.72. The van der Waals surface area contributed by atoms with Gasteiger partial charge in [-0.1, -0.05) is 20.3 Å². The van der Waals surface area contributed by atoms with E-state index in [1.54, 1.807) is 0 Å². The van der Waals surface area contributed by atoms with Gasteiger partial charge in [0.05, 0.1) is 13.2 Å². The summed E-state index contributed by atoms with van der Waals surface area (Å²) in [6.45, 7) is 7.88. The van der Waals surface area contributed by atoms with E-state index >= 15 is 0 Å². The minimum absolute atomic E-state index is 0.502. The van der Waals surface area contributed by atoms with Crippen molar-refractivity contribution in [3.05, 3.63) is 0 Å². The number of hydrogen-bond donors (Lipinski definition) is 1. The Balaban J connectivity index is 2.09. The molecule has 15 heavy (non-hydrogen) atoms. The van der Waals surface area contributed by atoms with E-state index in [4.69, 9.17) is 4.74 Å². The van der Waals surface area contributed by atoms with Gasteiger partial charge in [-0.05, 0) is 37.6 Å². The highest BCUT2D eigenvalue weighted by atomic mass is 16.5. The van der Waals surface area contributed by atoms with Crippen molar-refractivity contribution in [1.82, 2.24) is 5.32 Å². The molecule has 0 aromatic carbocycles. The predicted octanol–water partition coefficient (Wildman–Crippen LogP) is 2.44. The molecular weight excluding hydrogens is 186 g/mol. The molecule has 2 rings (SSSR count). The maximum Gasteiger partial charge on any atom is 0.0550 e. The van der Waals surface area contributed by atoms with Gasteiger partial charge in [0.15, 0.2) is 0 Å². The molecule has 2 nitrogen and oxygen atoms in total. The molecule has 2 heteroatoms. The fourth-order valence-electron chi connectivity index (χ4n) is 3.61. The summed E-state index contributed by atoms with van der Waals surface area (Å²) in [4.78, 5) is 0. The summed E-state index contributed by atoms with van der Waals surface area (Å²) in [5.74, 6) is 0.795. The van der Waals surface area contributed by atoms with E-state index < -0.39 is 0 Å². The standard InChI is InChI=1S/C13H25NO/c1-11(2)7-13(9-15-10-13)12(8-14-3)5-4-6-12/h11,14H,4-10H2,1-3H3. The van der Waals surface area contributed by atoms with Crippen molar-refractivity contribution in [2.45, 2.75) is 39.5 Å². The summed E-state index contributed by atoms with van der Waals surface area (Å²) in [7, 11) is 2.09. The van der Waals surface area contributed by atoms with Crippen LogP contribution in [-0.4, -0.2) is 26.8 Å². The Morgan fingerprint density at radius 1 is 1.20 bits per heavy atom. The topological polar surface area (TPSA) is 21.3 Å². The van der Waals surface area contributed by atoms with E-state index in [-0.39, 0.29) is 0 Å². The third-order valence-electron chi connectivity index (χ3n) is 4.51. The van der Waals surface area contributed by atoms with Gasteiger partial charge in [0.1, 0.15) is 0 Å². The number of rotatable bonds is 5. The Hall–Kier alpha value is -0.0800. The van der Waals surface area contributed by atoms with Crippen LogP contribution in [0.1, 0.15) is 39.5 Å². The number of nitrogens with one attached hydrogen (secondary N) is 1. The first-order chi connectivity index (χ1) is 7.14. The van der Waals surface area contributed by atoms with E-state index in [2.05, 4.69) is 26.2 Å². The van der Waals surface area contributed by atoms with Crippen LogP contribution >= 0.6 is 0 Å². The van der Waals surface area contributed by atoms with Crippen molar-refractivity contribution in [2.75, 3.05) is 26.8 Å². The summed E-state index contributed by atoms with van der Waals surface area (Å²) in [6.07, 6.45) is 5.57. The van der Waals surface area contributed by atoms with E-state index in [9.17, 15) is 0 Å². The molecule has 88 valence electrons. The molecular formula is C13H25NO. The zero-order valence-electron chi connectivity index (χ0n) is 10.4. The summed E-state index contributed by atoms with van der Waals surface area (Å²) in [5, 5.41) is 3.40. The van der Waals surface area contributed by atoms with Gasteiger partial charge >= 0.3 is 0 Å². The smallest absolute Gasteiger partial charge is 0.0550 e. The zero-order chi connectivity index (χ0) is 10.9. The Morgan fingerprint density at radius 3 is 2.13 bits per heavy atom. The summed E-state index contributed by atoms with van der Waals surface area (Å²) in [6, 6.07) is 0. The molecule has 1 saturated heterocycles. The molecule has 0 amide bonds. The van der Waals surface area contributed by atoms with Gasteiger partial charge in [-0.25, -0.2) is 0 Å². The lowest BCUT2D eigenvalue weighted by atomic mass is 9.50. The molecule has 0 radical (unpaired) electrons. The van der Waals surface area contributed by atoms with Crippen LogP contribution in [-0.2, 0) is 4.74 Å². The lowest BCUT2D eigenvalue weighted by Crippen LogP contribution is -2.62. The van der Waals surface area contributed by atoms with Gasteiger partial charge in [-0.3, -0.25) is 0 Å². The quantitative estimate of drug-likeness (QED) is 0.754. The van der Waals surface area contributed by atoms with Crippen molar-refractivity contribution in [3.8, 4) is 0 Å². The van der Waals surface area contributed by atoms with Crippen LogP contribution in [0.25, 0.3) is 0 Å². The Kier molecular flexibility index (Phi) is 3.09. The van der Waals surface area contributed by atoms with Crippen LogP contribution in [0, 0.1) is 16.7 Å². The average Bonchev–Trinajstić information content (AvgIpc) is 2.04. The zero-order valence-corrected chi connectivity index (χ0v) is 10.4. The van der Waals surface area contributed by atoms with Crippen LogP contribution in [0.5, 0.6) is 0 Å². The largest absolute Gasteiger partial charge is 0.380 e. The fraction of sp³-hybridized carbons (Fsp3) is 1.00. The molecule has 0 bridgehead atoms. The third-order valence-corrected chi connectivity index (χ3v) is 4.51. The molecule has 1 heterocycles. The molecule has 1 N–H and O–H groups in total. The number of hydrogen-bond acceptors (Lipinski definition) is 2. The Bertz CT molecular complexity index is 217. The van der Waals surface area contributed by atoms with E-state index in [1.807, 2.05) is 0 Å². The van der Waals surface area contributed by atoms with E-state index in [0.29, 0.717) is 10.8 Å². The molecule has 1 aliphatic heterocycles. The van der Waals surface area contributed by atoms with Gasteiger partial charge in [0.25, 0.3) is 0 Å². The van der Waals surface area contributed by atoms with Gasteiger partial charge in [-0.2, -0.15) is 0 Å². The van der Waals surface area contributed by atoms with Crippen LogP contribution < -0.4 is 5.32 Å². The highest BCUT2D eigenvalue weighted by molar-refractivity contribution is 5.07. The second-order valence-corrected chi connectivity index (χ2v) is 6.04. The summed E-state index contributed by atoms with van der Waals surface area (Å²) < 4.78 is 5.54. The summed E-state index contributed by atoms with van der Waals surface area (Å²) in [5.41, 5.74) is 1.06. The van der Waals surface area contributed by atoms with Crippen molar-refractivity contribution in [2.24, 2.45) is 16.7 Å². The molecule has 0 aromatic heterocycles. The predicted molar refractivity (Wildman–Crippen MR) is 62.9 cm³/mol. The highest BCUT2D eigenvalue weighted by Gasteiger charge is 2.57. The van der Waals surface area contributed by atoms with Gasteiger partial charge in [-0.15, -0.1) is 0 Å². The lowest BCUT2D eigenvalue weighted by Gasteiger charge is -2.61. The van der Waals surface area contributed by atoms with E-state index in [1.165, 1.54) is 32.2 Å². The van der Waals surface area contributed by atoms with Crippen molar-refractivity contribution >= 4 is 0 Å². The van der Waals surface area contributed by atoms with Crippen LogP contribution in [0.3, 0.4) is 0 Å². The minimum Gasteiger partial charge on any atom is -0.380 e. The lowest BCUT2D eigenvalue weighted by molar-refractivity contribution is -0.217. The maximum atomic E-state index is 5.54. The average molecular weight is 211 g/mol. The first-order valence-corrected chi connectivity index (χ1v) is 6.37. The molecule has 0 atom stereocenters. The van der Waals surface area contributed by atoms with Crippen LogP contribution in [0.2, 0.25) is 0 Å². The number of ether oxygens (including phenoxy) is 1. The van der Waals surface area contributed by atoms with Crippen LogP contribution in [0.4, 0.5) is 0 Å². The molecule has 1 aliphatic carbocycles. The first-order valence-electron chi connectivity index (χ1n) is 6.37.